The largest absolute Gasteiger partial charge is 1.00 e. The molecule has 0 fully saturated rings. The van der Waals surface area contributed by atoms with Crippen LogP contribution in [0.5, 0.6) is 11.5 Å². The van der Waals surface area contributed by atoms with Crippen molar-refractivity contribution in [2.75, 3.05) is 14.2 Å². The van der Waals surface area contributed by atoms with Gasteiger partial charge in [-0.05, 0) is 46.2 Å². The van der Waals surface area contributed by atoms with E-state index in [9.17, 15) is 0 Å². The summed E-state index contributed by atoms with van der Waals surface area (Å²) in [5.74, 6) is 1.78. The maximum atomic E-state index is 5.24. The summed E-state index contributed by atoms with van der Waals surface area (Å²) in [5.41, 5.74) is 8.15. The van der Waals surface area contributed by atoms with Crippen molar-refractivity contribution in [2.24, 2.45) is 0 Å². The molecule has 0 amide bonds. The Labute approximate surface area is 320 Å². The minimum Gasteiger partial charge on any atom is -1.00 e. The van der Waals surface area contributed by atoms with Gasteiger partial charge < -0.3 is 54.6 Å². The molecule has 0 bridgehead atoms. The number of halogens is 2. The van der Waals surface area contributed by atoms with E-state index < -0.39 is 0 Å². The topological polar surface area (TPSA) is 18.5 Å². The third-order valence-electron chi connectivity index (χ3n) is 8.04. The van der Waals surface area contributed by atoms with Crippen LogP contribution < -0.4 is 34.3 Å². The minimum atomic E-state index is 0. The molecule has 0 spiro atoms. The number of benzene rings is 4. The van der Waals surface area contributed by atoms with E-state index >= 15 is 0 Å². The standard InChI is InChI=1S/2C20H21O.C3H6.2ClH.Hf/c2*1-20(2,3)16-12-15-6-5-7-18(19(15)13-16)14-8-10-17(21-4)11-9-14;1-3-2;;;/h2*5-13H,1-4H3;1-3H2;2*1H;/q2*-1;-2;;;/p-2. The van der Waals surface area contributed by atoms with Gasteiger partial charge in [0.05, 0.1) is 14.2 Å². The van der Waals surface area contributed by atoms with E-state index in [4.69, 9.17) is 9.47 Å². The summed E-state index contributed by atoms with van der Waals surface area (Å²) < 4.78 is 10.5. The minimum absolute atomic E-state index is 0. The molecule has 0 saturated heterocycles. The summed E-state index contributed by atoms with van der Waals surface area (Å²) >= 11 is 0. The fourth-order valence-corrected chi connectivity index (χ4v) is 5.38. The Morgan fingerprint density at radius 3 is 1.12 bits per heavy atom. The fourth-order valence-electron chi connectivity index (χ4n) is 5.38. The van der Waals surface area contributed by atoms with Crippen molar-refractivity contribution < 1.29 is 60.1 Å². The molecule has 0 atom stereocenters. The van der Waals surface area contributed by atoms with Crippen LogP contribution in [0, 0.1) is 13.8 Å². The molecular formula is C43H48Cl2HfO2-6. The van der Waals surface area contributed by atoms with Crippen molar-refractivity contribution in [1.29, 1.82) is 0 Å². The van der Waals surface area contributed by atoms with Gasteiger partial charge in [-0.2, -0.15) is 12.1 Å². The summed E-state index contributed by atoms with van der Waals surface area (Å²) in [6, 6.07) is 38.9. The molecule has 0 radical (unpaired) electrons. The first-order valence-electron chi connectivity index (χ1n) is 15.7. The molecule has 0 N–H and O–H groups in total. The molecule has 48 heavy (non-hydrogen) atoms. The van der Waals surface area contributed by atoms with Crippen molar-refractivity contribution in [2.45, 2.75) is 58.8 Å². The molecule has 0 unspecified atom stereocenters. The van der Waals surface area contributed by atoms with Gasteiger partial charge in [0, 0.05) is 25.8 Å². The summed E-state index contributed by atoms with van der Waals surface area (Å²) in [6.45, 7) is 20.3. The molecular weight excluding hydrogens is 798 g/mol. The van der Waals surface area contributed by atoms with Gasteiger partial charge in [0.15, 0.2) is 0 Å². The average molecular weight is 846 g/mol. The van der Waals surface area contributed by atoms with E-state index in [1.165, 1.54) is 54.9 Å². The molecule has 0 aromatic heterocycles. The molecule has 0 saturated carbocycles. The third-order valence-corrected chi connectivity index (χ3v) is 8.04. The van der Waals surface area contributed by atoms with Crippen LogP contribution in [0.4, 0.5) is 0 Å². The Hall–Kier alpha value is -2.85. The zero-order chi connectivity index (χ0) is 32.8. The summed E-state index contributed by atoms with van der Waals surface area (Å²) in [7, 11) is 3.39. The van der Waals surface area contributed by atoms with Crippen LogP contribution in [0.2, 0.25) is 0 Å². The zero-order valence-electron chi connectivity index (χ0n) is 29.6. The molecule has 6 aromatic carbocycles. The Bertz CT molecular complexity index is 1680. The van der Waals surface area contributed by atoms with Gasteiger partial charge in [-0.1, -0.05) is 89.1 Å². The molecule has 0 aliphatic rings. The molecule has 6 aromatic rings. The first-order chi connectivity index (χ1) is 21.4. The maximum absolute atomic E-state index is 5.24. The van der Waals surface area contributed by atoms with Crippen LogP contribution >= 0.6 is 0 Å². The van der Waals surface area contributed by atoms with Gasteiger partial charge in [0.2, 0.25) is 0 Å². The zero-order valence-corrected chi connectivity index (χ0v) is 34.7. The summed E-state index contributed by atoms with van der Waals surface area (Å²) in [5, 5.41) is 5.28. The number of hydrogen-bond acceptors (Lipinski definition) is 2. The Kier molecular flexibility index (Phi) is 16.9. The van der Waals surface area contributed by atoms with Gasteiger partial charge in [-0.15, -0.1) is 69.1 Å². The van der Waals surface area contributed by atoms with Gasteiger partial charge in [-0.3, -0.25) is 0 Å². The average Bonchev–Trinajstić information content (AvgIpc) is 3.67. The number of hydrogen-bond donors (Lipinski definition) is 0. The number of ether oxygens (including phenoxy) is 2. The van der Waals surface area contributed by atoms with Gasteiger partial charge in [0.25, 0.3) is 0 Å². The smallest absolute Gasteiger partial charge is 0.118 e. The van der Waals surface area contributed by atoms with Gasteiger partial charge in [-0.25, -0.2) is 0 Å². The van der Waals surface area contributed by atoms with Crippen molar-refractivity contribution in [1.82, 2.24) is 0 Å². The number of rotatable bonds is 4. The van der Waals surface area contributed by atoms with E-state index in [0.717, 1.165) is 17.9 Å². The molecule has 5 heteroatoms. The molecule has 0 aliphatic heterocycles. The molecule has 256 valence electrons. The quantitative estimate of drug-likeness (QED) is 0.158. The fraction of sp³-hybridized carbons (Fsp3) is 0.256. The van der Waals surface area contributed by atoms with Crippen LogP contribution in [-0.2, 0) is 36.7 Å². The first-order valence-corrected chi connectivity index (χ1v) is 15.7. The third kappa shape index (κ3) is 10.6. The van der Waals surface area contributed by atoms with Crippen molar-refractivity contribution >= 4 is 21.5 Å². The second-order valence-corrected chi connectivity index (χ2v) is 13.4. The number of fused-ring (bicyclic) bond motifs is 2. The SMILES string of the molecule is COc1ccc(-c2cccc3[cH-]c(C(C)(C)C)cc23)cc1.COc1ccc(-c2cccc3[cH-]c(C(C)(C)C)cc23)cc1.[CH2-]C[CH2-].[Cl-].[Cl-].[Hf]. The normalized spacial score (nSPS) is 10.7. The molecule has 0 aliphatic carbocycles. The first kappa shape index (κ1) is 43.2. The van der Waals surface area contributed by atoms with Crippen molar-refractivity contribution in [3.8, 4) is 33.8 Å². The van der Waals surface area contributed by atoms with Crippen LogP contribution in [0.3, 0.4) is 0 Å². The second-order valence-electron chi connectivity index (χ2n) is 13.4. The van der Waals surface area contributed by atoms with E-state index in [0.29, 0.717) is 0 Å². The van der Waals surface area contributed by atoms with Crippen LogP contribution in [-0.4, -0.2) is 14.2 Å². The predicted molar refractivity (Wildman–Crippen MR) is 196 cm³/mol. The van der Waals surface area contributed by atoms with Crippen molar-refractivity contribution in [3.63, 3.8) is 0 Å². The van der Waals surface area contributed by atoms with Gasteiger partial charge >= 0.3 is 0 Å². The predicted octanol–water partition coefficient (Wildman–Crippen LogP) is 6.11. The number of methoxy groups -OCH3 is 2. The second kappa shape index (κ2) is 18.8. The van der Waals surface area contributed by atoms with E-state index in [1.54, 1.807) is 14.2 Å². The molecule has 0 heterocycles. The Balaban J connectivity index is 0.000000420. The summed E-state index contributed by atoms with van der Waals surface area (Å²) in [6.07, 6.45) is 0.750. The molecule has 6 rings (SSSR count). The Morgan fingerprint density at radius 1 is 0.542 bits per heavy atom. The maximum Gasteiger partial charge on any atom is 0.118 e. The van der Waals surface area contributed by atoms with Crippen LogP contribution in [0.15, 0.2) is 109 Å². The van der Waals surface area contributed by atoms with E-state index in [-0.39, 0.29) is 61.5 Å². The summed E-state index contributed by atoms with van der Waals surface area (Å²) in [4.78, 5) is 0. The van der Waals surface area contributed by atoms with Crippen molar-refractivity contribution in [3.05, 3.63) is 134 Å². The molecule has 2 nitrogen and oxygen atoms in total. The van der Waals surface area contributed by atoms with E-state index in [1.807, 2.05) is 24.3 Å². The van der Waals surface area contributed by atoms with Crippen LogP contribution in [0.25, 0.3) is 43.8 Å². The van der Waals surface area contributed by atoms with E-state index in [2.05, 4.69) is 140 Å². The van der Waals surface area contributed by atoms with Crippen LogP contribution in [0.1, 0.15) is 59.1 Å². The monoisotopic (exact) mass is 846 g/mol. The Morgan fingerprint density at radius 2 is 0.854 bits per heavy atom. The van der Waals surface area contributed by atoms with Gasteiger partial charge in [0.1, 0.15) is 11.5 Å².